The van der Waals surface area contributed by atoms with Gasteiger partial charge in [0, 0.05) is 36.0 Å². The van der Waals surface area contributed by atoms with Crippen LogP contribution < -0.4 is 10.1 Å². The molecule has 2 fully saturated rings. The largest absolute Gasteiger partial charge is 0.496 e. The number of aromatic nitrogens is 1. The maximum atomic E-state index is 14.0. The zero-order valence-corrected chi connectivity index (χ0v) is 21.3. The van der Waals surface area contributed by atoms with Crippen LogP contribution in [0.5, 0.6) is 5.75 Å². The number of methoxy groups -OCH3 is 1. The van der Waals surface area contributed by atoms with Crippen molar-refractivity contribution in [2.75, 3.05) is 13.7 Å². The number of carbonyl (C=O) groups excluding carboxylic acids is 2. The van der Waals surface area contributed by atoms with E-state index < -0.39 is 6.04 Å². The maximum Gasteiger partial charge on any atom is 0.245 e. The van der Waals surface area contributed by atoms with E-state index in [1.165, 1.54) is 6.42 Å². The first kappa shape index (κ1) is 25.2. The van der Waals surface area contributed by atoms with Gasteiger partial charge in [-0.3, -0.25) is 14.6 Å². The molecule has 2 aromatic rings. The molecule has 3 unspecified atom stereocenters. The second-order valence-electron chi connectivity index (χ2n) is 10.1. The van der Waals surface area contributed by atoms with Crippen LogP contribution in [0.2, 0.25) is 0 Å². The zero-order chi connectivity index (χ0) is 24.8. The van der Waals surface area contributed by atoms with E-state index in [1.54, 1.807) is 7.11 Å². The number of hydrogen-bond acceptors (Lipinski definition) is 4. The molecule has 188 valence electrons. The van der Waals surface area contributed by atoms with Crippen molar-refractivity contribution in [3.63, 3.8) is 0 Å². The van der Waals surface area contributed by atoms with Crippen LogP contribution in [0.3, 0.4) is 0 Å². The first-order valence-corrected chi connectivity index (χ1v) is 13.2. The third-order valence-corrected chi connectivity index (χ3v) is 7.84. The molecule has 0 bridgehead atoms. The fourth-order valence-electron chi connectivity index (χ4n) is 5.56. The van der Waals surface area contributed by atoms with Gasteiger partial charge in [0.25, 0.3) is 0 Å². The Morgan fingerprint density at radius 1 is 1.11 bits per heavy atom. The number of benzene rings is 1. The lowest BCUT2D eigenvalue weighted by molar-refractivity contribution is -0.140. The minimum Gasteiger partial charge on any atom is -0.496 e. The van der Waals surface area contributed by atoms with Gasteiger partial charge in [-0.25, -0.2) is 0 Å². The molecular formula is C29H39N3O3. The summed E-state index contributed by atoms with van der Waals surface area (Å²) in [5.74, 6) is 0.982. The second-order valence-corrected chi connectivity index (χ2v) is 10.1. The molecule has 3 atom stereocenters. The van der Waals surface area contributed by atoms with Crippen LogP contribution in [0.4, 0.5) is 0 Å². The predicted octanol–water partition coefficient (Wildman–Crippen LogP) is 5.53. The smallest absolute Gasteiger partial charge is 0.245 e. The lowest BCUT2D eigenvalue weighted by Crippen LogP contribution is -2.53. The number of rotatable bonds is 8. The maximum absolute atomic E-state index is 14.0. The lowest BCUT2D eigenvalue weighted by atomic mass is 9.83. The molecule has 1 aliphatic carbocycles. The Labute approximate surface area is 209 Å². The summed E-state index contributed by atoms with van der Waals surface area (Å²) in [5.41, 5.74) is 3.00. The topological polar surface area (TPSA) is 71.5 Å². The number of nitrogens with zero attached hydrogens (tertiary/aromatic N) is 2. The summed E-state index contributed by atoms with van der Waals surface area (Å²) < 4.78 is 5.56. The Morgan fingerprint density at radius 3 is 2.63 bits per heavy atom. The molecule has 2 heterocycles. The second kappa shape index (κ2) is 11.7. The van der Waals surface area contributed by atoms with E-state index in [9.17, 15) is 9.59 Å². The van der Waals surface area contributed by atoms with Crippen LogP contribution in [-0.2, 0) is 9.59 Å². The van der Waals surface area contributed by atoms with Gasteiger partial charge in [-0.1, -0.05) is 51.3 Å². The van der Waals surface area contributed by atoms with E-state index in [4.69, 9.17) is 4.74 Å². The van der Waals surface area contributed by atoms with Crippen molar-refractivity contribution in [2.45, 2.75) is 77.3 Å². The molecule has 1 aromatic heterocycles. The van der Waals surface area contributed by atoms with Crippen LogP contribution in [0.25, 0.3) is 11.1 Å². The zero-order valence-electron chi connectivity index (χ0n) is 21.3. The average Bonchev–Trinajstić information content (AvgIpc) is 3.41. The van der Waals surface area contributed by atoms with Crippen LogP contribution in [-0.4, -0.2) is 41.4 Å². The van der Waals surface area contributed by atoms with Crippen LogP contribution >= 0.6 is 0 Å². The Balaban J connectivity index is 1.60. The van der Waals surface area contributed by atoms with Crippen LogP contribution in [0, 0.1) is 11.8 Å². The molecule has 1 aliphatic heterocycles. The Kier molecular flexibility index (Phi) is 8.42. The van der Waals surface area contributed by atoms with Gasteiger partial charge in [0.15, 0.2) is 0 Å². The van der Waals surface area contributed by atoms with Crippen molar-refractivity contribution in [1.29, 1.82) is 0 Å². The molecule has 1 N–H and O–H groups in total. The number of ether oxygens (including phenoxy) is 1. The highest BCUT2D eigenvalue weighted by molar-refractivity contribution is 5.89. The number of pyridine rings is 1. The molecule has 1 aromatic carbocycles. The van der Waals surface area contributed by atoms with Gasteiger partial charge < -0.3 is 15.0 Å². The van der Waals surface area contributed by atoms with Crippen LogP contribution in [0.15, 0.2) is 42.7 Å². The highest BCUT2D eigenvalue weighted by Crippen LogP contribution is 2.37. The van der Waals surface area contributed by atoms with E-state index in [-0.39, 0.29) is 29.7 Å². The third kappa shape index (κ3) is 5.68. The molecule has 35 heavy (non-hydrogen) atoms. The minimum atomic E-state index is -0.442. The van der Waals surface area contributed by atoms with E-state index in [1.807, 2.05) is 55.4 Å². The van der Waals surface area contributed by atoms with E-state index in [2.05, 4.69) is 16.4 Å². The van der Waals surface area contributed by atoms with Crippen molar-refractivity contribution in [2.24, 2.45) is 11.8 Å². The van der Waals surface area contributed by atoms with Crippen molar-refractivity contribution in [1.82, 2.24) is 15.2 Å². The first-order chi connectivity index (χ1) is 17.0. The van der Waals surface area contributed by atoms with Crippen molar-refractivity contribution < 1.29 is 14.3 Å². The molecule has 4 rings (SSSR count). The van der Waals surface area contributed by atoms with E-state index in [0.717, 1.165) is 67.4 Å². The first-order valence-electron chi connectivity index (χ1n) is 13.2. The SMILES string of the molecule is CCC(C)C(=O)NC(C(=O)N1CCCC1c1cncc(-c2ccccc2OC)c1)C1CCCCC1. The number of nitrogens with one attached hydrogen (secondary N) is 1. The van der Waals surface area contributed by atoms with Gasteiger partial charge in [-0.15, -0.1) is 0 Å². The highest BCUT2D eigenvalue weighted by Gasteiger charge is 2.39. The summed E-state index contributed by atoms with van der Waals surface area (Å²) in [6.07, 6.45) is 11.8. The molecule has 2 aliphatic rings. The summed E-state index contributed by atoms with van der Waals surface area (Å²) in [5, 5.41) is 3.18. The van der Waals surface area contributed by atoms with Crippen molar-refractivity contribution in [3.05, 3.63) is 48.3 Å². The number of hydrogen-bond donors (Lipinski definition) is 1. The van der Waals surface area contributed by atoms with Gasteiger partial charge >= 0.3 is 0 Å². The van der Waals surface area contributed by atoms with E-state index >= 15 is 0 Å². The third-order valence-electron chi connectivity index (χ3n) is 7.84. The molecule has 1 saturated heterocycles. The summed E-state index contributed by atoms with van der Waals surface area (Å²) in [4.78, 5) is 33.4. The Hall–Kier alpha value is -2.89. The number of para-hydroxylation sites is 1. The monoisotopic (exact) mass is 477 g/mol. The highest BCUT2D eigenvalue weighted by atomic mass is 16.5. The number of likely N-dealkylation sites (tertiary alicyclic amines) is 1. The summed E-state index contributed by atoms with van der Waals surface area (Å²) >= 11 is 0. The fourth-order valence-corrected chi connectivity index (χ4v) is 5.56. The summed E-state index contributed by atoms with van der Waals surface area (Å²) in [7, 11) is 1.67. The van der Waals surface area contributed by atoms with Gasteiger partial charge in [-0.05, 0) is 55.7 Å². The van der Waals surface area contributed by atoms with Gasteiger partial charge in [0.1, 0.15) is 11.8 Å². The molecule has 0 radical (unpaired) electrons. The summed E-state index contributed by atoms with van der Waals surface area (Å²) in [6, 6.07) is 9.58. The molecule has 1 saturated carbocycles. The van der Waals surface area contributed by atoms with Gasteiger partial charge in [0.05, 0.1) is 13.2 Å². The molecule has 6 heteroatoms. The fraction of sp³-hybridized carbons (Fsp3) is 0.552. The molecule has 2 amide bonds. The standard InChI is InChI=1S/C29H39N3O3/c1-4-20(2)28(33)31-27(21-11-6-5-7-12-21)29(34)32-16-10-14-25(32)23-17-22(18-30-19-23)24-13-8-9-15-26(24)35-3/h8-9,13,15,17-21,25,27H,4-7,10-12,14,16H2,1-3H3,(H,31,33). The van der Waals surface area contributed by atoms with Crippen LogP contribution in [0.1, 0.15) is 76.8 Å². The normalized spacial score (nSPS) is 20.3. The van der Waals surface area contributed by atoms with Crippen molar-refractivity contribution >= 4 is 11.8 Å². The number of carbonyl (C=O) groups is 2. The lowest BCUT2D eigenvalue weighted by Gasteiger charge is -2.35. The Morgan fingerprint density at radius 2 is 1.89 bits per heavy atom. The van der Waals surface area contributed by atoms with Gasteiger partial charge in [0.2, 0.25) is 11.8 Å². The Bertz CT molecular complexity index is 1020. The molecular weight excluding hydrogens is 438 g/mol. The van der Waals surface area contributed by atoms with Crippen molar-refractivity contribution in [3.8, 4) is 16.9 Å². The quantitative estimate of drug-likeness (QED) is 0.542. The predicted molar refractivity (Wildman–Crippen MR) is 138 cm³/mol. The van der Waals surface area contributed by atoms with E-state index in [0.29, 0.717) is 6.54 Å². The van der Waals surface area contributed by atoms with Gasteiger partial charge in [-0.2, -0.15) is 0 Å². The minimum absolute atomic E-state index is 0.00740. The molecule has 0 spiro atoms. The summed E-state index contributed by atoms with van der Waals surface area (Å²) in [6.45, 7) is 4.66. The number of amides is 2. The average molecular weight is 478 g/mol. The molecule has 6 nitrogen and oxygen atoms in total.